The lowest BCUT2D eigenvalue weighted by Crippen LogP contribution is -2.29. The lowest BCUT2D eigenvalue weighted by atomic mass is 10.2. The Labute approximate surface area is 173 Å². The molecule has 1 aliphatic carbocycles. The van der Waals surface area contributed by atoms with Crippen molar-refractivity contribution < 1.29 is 17.6 Å². The molecule has 0 bridgehead atoms. The first-order valence-electron chi connectivity index (χ1n) is 9.33. The van der Waals surface area contributed by atoms with E-state index in [9.17, 15) is 17.6 Å². The molecule has 2 aromatic carbocycles. The molecule has 1 aliphatic rings. The maximum Gasteiger partial charge on any atom is 0.273 e. The predicted molar refractivity (Wildman–Crippen MR) is 109 cm³/mol. The molecule has 3 aromatic rings. The summed E-state index contributed by atoms with van der Waals surface area (Å²) in [5.74, 6) is -0.763. The molecule has 156 valence electrons. The van der Waals surface area contributed by atoms with Gasteiger partial charge in [-0.25, -0.2) is 22.2 Å². The number of hydrogen-bond acceptors (Lipinski definition) is 5. The van der Waals surface area contributed by atoms with Crippen molar-refractivity contribution in [2.24, 2.45) is 0 Å². The van der Waals surface area contributed by atoms with Gasteiger partial charge in [-0.3, -0.25) is 15.6 Å². The van der Waals surface area contributed by atoms with Crippen LogP contribution in [-0.2, 0) is 10.0 Å². The third-order valence-electron chi connectivity index (χ3n) is 4.71. The standard InChI is InChI=1S/C20H20FN5O3S/c1-13-19(12-22-26(13)17-8-2-14(21)3-9-17)20(27)24-23-15-6-10-18(11-7-15)30(28,29)25-16-4-5-16/h2-3,6-12,16,23,25H,4-5H2,1H3,(H,24,27). The molecule has 3 N–H and O–H groups in total. The molecule has 4 rings (SSSR count). The number of aromatic nitrogens is 2. The summed E-state index contributed by atoms with van der Waals surface area (Å²) in [4.78, 5) is 12.7. The van der Waals surface area contributed by atoms with Crippen LogP contribution in [0.25, 0.3) is 5.69 Å². The van der Waals surface area contributed by atoms with Gasteiger partial charge in [0.05, 0.1) is 33.7 Å². The van der Waals surface area contributed by atoms with E-state index in [1.165, 1.54) is 30.5 Å². The van der Waals surface area contributed by atoms with Crippen LogP contribution in [0.1, 0.15) is 28.9 Å². The number of nitrogens with one attached hydrogen (secondary N) is 3. The molecule has 1 heterocycles. The molecule has 0 atom stereocenters. The van der Waals surface area contributed by atoms with Gasteiger partial charge in [-0.15, -0.1) is 0 Å². The molecule has 1 fully saturated rings. The van der Waals surface area contributed by atoms with Crippen LogP contribution in [0, 0.1) is 12.7 Å². The molecular formula is C20H20FN5O3S. The fraction of sp³-hybridized carbons (Fsp3) is 0.200. The van der Waals surface area contributed by atoms with Crippen molar-refractivity contribution in [3.05, 3.63) is 71.8 Å². The zero-order chi connectivity index (χ0) is 21.3. The third kappa shape index (κ3) is 4.34. The SMILES string of the molecule is Cc1c(C(=O)NNc2ccc(S(=O)(=O)NC3CC3)cc2)cnn1-c1ccc(F)cc1. The average molecular weight is 429 g/mol. The molecule has 1 aromatic heterocycles. The molecule has 0 unspecified atom stereocenters. The Balaban J connectivity index is 1.40. The van der Waals surface area contributed by atoms with Crippen molar-refractivity contribution in [2.45, 2.75) is 30.7 Å². The van der Waals surface area contributed by atoms with Gasteiger partial charge < -0.3 is 0 Å². The number of sulfonamides is 1. The van der Waals surface area contributed by atoms with Crippen LogP contribution in [0.15, 0.2) is 59.6 Å². The van der Waals surface area contributed by atoms with Gasteiger partial charge in [-0.05, 0) is 68.3 Å². The van der Waals surface area contributed by atoms with Crippen LogP contribution in [0.2, 0.25) is 0 Å². The number of hydrazine groups is 1. The number of nitrogens with zero attached hydrogens (tertiary/aromatic N) is 2. The lowest BCUT2D eigenvalue weighted by Gasteiger charge is -2.10. The molecule has 10 heteroatoms. The molecule has 1 amide bonds. The number of hydrogen-bond donors (Lipinski definition) is 3. The van der Waals surface area contributed by atoms with Crippen molar-refractivity contribution in [1.29, 1.82) is 0 Å². The average Bonchev–Trinajstić information content (AvgIpc) is 3.45. The topological polar surface area (TPSA) is 105 Å². The molecule has 8 nitrogen and oxygen atoms in total. The van der Waals surface area contributed by atoms with E-state index in [-0.39, 0.29) is 16.8 Å². The molecular weight excluding hydrogens is 409 g/mol. The van der Waals surface area contributed by atoms with E-state index >= 15 is 0 Å². The van der Waals surface area contributed by atoms with Gasteiger partial charge in [-0.2, -0.15) is 5.10 Å². The zero-order valence-electron chi connectivity index (χ0n) is 16.1. The van der Waals surface area contributed by atoms with Gasteiger partial charge in [-0.1, -0.05) is 0 Å². The second-order valence-corrected chi connectivity index (χ2v) is 8.74. The van der Waals surface area contributed by atoms with E-state index in [2.05, 4.69) is 20.7 Å². The zero-order valence-corrected chi connectivity index (χ0v) is 16.9. The van der Waals surface area contributed by atoms with Crippen LogP contribution in [0.3, 0.4) is 0 Å². The number of benzene rings is 2. The normalized spacial score (nSPS) is 13.8. The van der Waals surface area contributed by atoms with Crippen LogP contribution in [0.5, 0.6) is 0 Å². The summed E-state index contributed by atoms with van der Waals surface area (Å²) in [6, 6.07) is 11.9. The summed E-state index contributed by atoms with van der Waals surface area (Å²) in [6.45, 7) is 1.73. The van der Waals surface area contributed by atoms with Crippen molar-refractivity contribution >= 4 is 21.6 Å². The molecule has 0 saturated heterocycles. The molecule has 0 aliphatic heterocycles. The highest BCUT2D eigenvalue weighted by molar-refractivity contribution is 7.89. The van der Waals surface area contributed by atoms with E-state index in [0.29, 0.717) is 22.6 Å². The highest BCUT2D eigenvalue weighted by atomic mass is 32.2. The number of rotatable bonds is 7. The van der Waals surface area contributed by atoms with E-state index in [1.807, 2.05) is 0 Å². The number of amides is 1. The van der Waals surface area contributed by atoms with Gasteiger partial charge in [0.1, 0.15) is 5.82 Å². The van der Waals surface area contributed by atoms with Gasteiger partial charge >= 0.3 is 0 Å². The third-order valence-corrected chi connectivity index (χ3v) is 6.25. The van der Waals surface area contributed by atoms with Crippen LogP contribution >= 0.6 is 0 Å². The maximum atomic E-state index is 13.1. The van der Waals surface area contributed by atoms with E-state index in [0.717, 1.165) is 12.8 Å². The summed E-state index contributed by atoms with van der Waals surface area (Å²) >= 11 is 0. The Kier molecular flexibility index (Phi) is 5.27. The largest absolute Gasteiger partial charge is 0.298 e. The Bertz CT molecular complexity index is 1170. The summed E-state index contributed by atoms with van der Waals surface area (Å²) in [5, 5.41) is 4.19. The molecule has 1 saturated carbocycles. The number of anilines is 1. The fourth-order valence-electron chi connectivity index (χ4n) is 2.88. The predicted octanol–water partition coefficient (Wildman–Crippen LogP) is 2.52. The van der Waals surface area contributed by atoms with Crippen LogP contribution < -0.4 is 15.6 Å². The smallest absolute Gasteiger partial charge is 0.273 e. The quantitative estimate of drug-likeness (QED) is 0.501. The van der Waals surface area contributed by atoms with E-state index in [4.69, 9.17) is 0 Å². The van der Waals surface area contributed by atoms with Crippen molar-refractivity contribution in [1.82, 2.24) is 19.9 Å². The maximum absolute atomic E-state index is 13.1. The second-order valence-electron chi connectivity index (χ2n) is 7.03. The Morgan fingerprint density at radius 3 is 2.40 bits per heavy atom. The Morgan fingerprint density at radius 1 is 1.10 bits per heavy atom. The highest BCUT2D eigenvalue weighted by Crippen LogP contribution is 2.22. The first-order chi connectivity index (χ1) is 14.3. The fourth-order valence-corrected chi connectivity index (χ4v) is 4.18. The van der Waals surface area contributed by atoms with Gasteiger partial charge in [0.25, 0.3) is 5.91 Å². The minimum absolute atomic E-state index is 0.0335. The Morgan fingerprint density at radius 2 is 1.77 bits per heavy atom. The van der Waals surface area contributed by atoms with Crippen molar-refractivity contribution in [3.8, 4) is 5.69 Å². The van der Waals surface area contributed by atoms with E-state index < -0.39 is 15.9 Å². The number of carbonyl (C=O) groups is 1. The summed E-state index contributed by atoms with van der Waals surface area (Å²) in [5.41, 5.74) is 7.42. The lowest BCUT2D eigenvalue weighted by molar-refractivity contribution is 0.0962. The number of halogens is 1. The van der Waals surface area contributed by atoms with Crippen LogP contribution in [0.4, 0.5) is 10.1 Å². The first kappa shape index (κ1) is 20.0. The van der Waals surface area contributed by atoms with Gasteiger partial charge in [0.15, 0.2) is 0 Å². The minimum Gasteiger partial charge on any atom is -0.298 e. The first-order valence-corrected chi connectivity index (χ1v) is 10.8. The highest BCUT2D eigenvalue weighted by Gasteiger charge is 2.27. The Hall–Kier alpha value is -3.24. The summed E-state index contributed by atoms with van der Waals surface area (Å²) in [7, 11) is -3.52. The summed E-state index contributed by atoms with van der Waals surface area (Å²) < 4.78 is 41.6. The van der Waals surface area contributed by atoms with Gasteiger partial charge in [0, 0.05) is 6.04 Å². The van der Waals surface area contributed by atoms with E-state index in [1.54, 1.807) is 35.9 Å². The van der Waals surface area contributed by atoms with Gasteiger partial charge in [0.2, 0.25) is 10.0 Å². The minimum atomic E-state index is -3.52. The number of carbonyl (C=O) groups excluding carboxylic acids is 1. The summed E-state index contributed by atoms with van der Waals surface area (Å²) in [6.07, 6.45) is 3.15. The molecule has 0 spiro atoms. The van der Waals surface area contributed by atoms with Crippen molar-refractivity contribution in [3.63, 3.8) is 0 Å². The monoisotopic (exact) mass is 429 g/mol. The van der Waals surface area contributed by atoms with Crippen LogP contribution in [-0.4, -0.2) is 30.1 Å². The molecule has 0 radical (unpaired) electrons. The van der Waals surface area contributed by atoms with Crippen molar-refractivity contribution in [2.75, 3.05) is 5.43 Å². The second kappa shape index (κ2) is 7.88. The molecule has 30 heavy (non-hydrogen) atoms.